The van der Waals surface area contributed by atoms with E-state index in [1.54, 1.807) is 13.0 Å². The normalized spacial score (nSPS) is 16.0. The van der Waals surface area contributed by atoms with Gasteiger partial charge < -0.3 is 0 Å². The lowest BCUT2D eigenvalue weighted by molar-refractivity contribution is 0.177. The second-order valence-corrected chi connectivity index (χ2v) is 9.46. The van der Waals surface area contributed by atoms with Crippen LogP contribution in [0.2, 0.25) is 0 Å². The van der Waals surface area contributed by atoms with E-state index in [2.05, 4.69) is 15.5 Å². The third-order valence-corrected chi connectivity index (χ3v) is 7.38. The van der Waals surface area contributed by atoms with E-state index in [1.807, 2.05) is 24.0 Å². The van der Waals surface area contributed by atoms with Gasteiger partial charge in [-0.25, -0.2) is 17.2 Å². The summed E-state index contributed by atoms with van der Waals surface area (Å²) in [5, 5.41) is 11.5. The molecule has 11 heteroatoms. The van der Waals surface area contributed by atoms with Gasteiger partial charge in [-0.1, -0.05) is 12.1 Å². The lowest BCUT2D eigenvalue weighted by atomic mass is 10.2. The lowest BCUT2D eigenvalue weighted by Crippen LogP contribution is -2.48. The molecule has 0 N–H and O–H groups in total. The van der Waals surface area contributed by atoms with Crippen LogP contribution in [0.4, 0.5) is 8.78 Å². The number of hydrogen-bond acceptors (Lipinski definition) is 6. The Balaban J connectivity index is 1.45. The number of sulfonamides is 1. The Labute approximate surface area is 179 Å². The molecule has 1 fully saturated rings. The van der Waals surface area contributed by atoms with Gasteiger partial charge in [-0.05, 0) is 53.6 Å². The Bertz CT molecular complexity index is 1210. The molecule has 1 saturated heterocycles. The van der Waals surface area contributed by atoms with Crippen LogP contribution in [0.15, 0.2) is 41.3 Å². The first-order valence-electron chi connectivity index (χ1n) is 9.78. The molecule has 2 heterocycles. The average Bonchev–Trinajstić information content (AvgIpc) is 3.20. The van der Waals surface area contributed by atoms with Crippen LogP contribution in [0.5, 0.6) is 0 Å². The minimum Gasteiger partial charge on any atom is -0.293 e. The number of rotatable bonds is 5. The molecule has 3 aromatic rings. The van der Waals surface area contributed by atoms with Gasteiger partial charge in [0, 0.05) is 32.2 Å². The largest absolute Gasteiger partial charge is 0.293 e. The molecule has 2 aromatic carbocycles. The maximum atomic E-state index is 13.6. The maximum absolute atomic E-state index is 13.6. The van der Waals surface area contributed by atoms with Crippen molar-refractivity contribution in [1.82, 2.24) is 29.4 Å². The first-order valence-corrected chi connectivity index (χ1v) is 11.2. The predicted molar refractivity (Wildman–Crippen MR) is 109 cm³/mol. The van der Waals surface area contributed by atoms with Crippen LogP contribution < -0.4 is 0 Å². The fourth-order valence-corrected chi connectivity index (χ4v) is 5.31. The van der Waals surface area contributed by atoms with Gasteiger partial charge in [-0.15, -0.1) is 5.10 Å². The van der Waals surface area contributed by atoms with Crippen molar-refractivity contribution in [1.29, 1.82) is 0 Å². The van der Waals surface area contributed by atoms with Crippen LogP contribution in [0.1, 0.15) is 17.0 Å². The van der Waals surface area contributed by atoms with E-state index in [4.69, 9.17) is 0 Å². The number of piperazine rings is 1. The van der Waals surface area contributed by atoms with E-state index in [0.29, 0.717) is 49.1 Å². The summed E-state index contributed by atoms with van der Waals surface area (Å²) in [7, 11) is -3.58. The van der Waals surface area contributed by atoms with Gasteiger partial charge in [0.1, 0.15) is 0 Å². The van der Waals surface area contributed by atoms with Gasteiger partial charge in [-0.3, -0.25) is 4.90 Å². The smallest absolute Gasteiger partial charge is 0.243 e. The number of halogens is 2. The minimum absolute atomic E-state index is 0.315. The highest BCUT2D eigenvalue weighted by atomic mass is 32.2. The number of benzene rings is 2. The summed E-state index contributed by atoms with van der Waals surface area (Å²) in [4.78, 5) is 2.36. The third kappa shape index (κ3) is 4.34. The zero-order chi connectivity index (χ0) is 22.2. The lowest BCUT2D eigenvalue weighted by Gasteiger charge is -2.33. The summed E-state index contributed by atoms with van der Waals surface area (Å²) in [6, 6.07) is 8.86. The van der Waals surface area contributed by atoms with Crippen molar-refractivity contribution in [3.05, 3.63) is 65.0 Å². The number of tetrazole rings is 1. The molecule has 0 aliphatic carbocycles. The zero-order valence-corrected chi connectivity index (χ0v) is 18.0. The molecule has 0 saturated carbocycles. The minimum atomic E-state index is -3.58. The Kier molecular flexibility index (Phi) is 5.82. The quantitative estimate of drug-likeness (QED) is 0.594. The molecule has 0 spiro atoms. The van der Waals surface area contributed by atoms with Crippen molar-refractivity contribution in [3.63, 3.8) is 0 Å². The number of nitrogens with zero attached hydrogens (tertiary/aromatic N) is 6. The van der Waals surface area contributed by atoms with E-state index in [9.17, 15) is 17.2 Å². The number of hydrogen-bond donors (Lipinski definition) is 0. The van der Waals surface area contributed by atoms with Crippen LogP contribution >= 0.6 is 0 Å². The third-order valence-electron chi connectivity index (χ3n) is 5.34. The van der Waals surface area contributed by atoms with Crippen molar-refractivity contribution >= 4 is 10.0 Å². The fourth-order valence-electron chi connectivity index (χ4n) is 3.57. The molecule has 0 amide bonds. The van der Waals surface area contributed by atoms with Gasteiger partial charge in [0.05, 0.1) is 17.1 Å². The van der Waals surface area contributed by atoms with E-state index >= 15 is 0 Å². The first-order chi connectivity index (χ1) is 14.8. The van der Waals surface area contributed by atoms with Crippen molar-refractivity contribution in [2.45, 2.75) is 25.3 Å². The predicted octanol–water partition coefficient (Wildman–Crippen LogP) is 2.06. The Morgan fingerprint density at radius 1 is 0.968 bits per heavy atom. The van der Waals surface area contributed by atoms with Crippen LogP contribution in [-0.4, -0.2) is 64.0 Å². The topological polar surface area (TPSA) is 84.2 Å². The van der Waals surface area contributed by atoms with Crippen molar-refractivity contribution in [3.8, 4) is 5.69 Å². The highest BCUT2D eigenvalue weighted by molar-refractivity contribution is 7.89. The molecule has 4 rings (SSSR count). The Morgan fingerprint density at radius 3 is 2.42 bits per heavy atom. The van der Waals surface area contributed by atoms with E-state index in [1.165, 1.54) is 15.1 Å². The van der Waals surface area contributed by atoms with Gasteiger partial charge in [0.25, 0.3) is 0 Å². The molecule has 1 aliphatic heterocycles. The highest BCUT2D eigenvalue weighted by Crippen LogP contribution is 2.23. The fraction of sp³-hybridized carbons (Fsp3) is 0.350. The summed E-state index contributed by atoms with van der Waals surface area (Å²) >= 11 is 0. The molecule has 0 unspecified atom stereocenters. The summed E-state index contributed by atoms with van der Waals surface area (Å²) in [5.74, 6) is -1.47. The summed E-state index contributed by atoms with van der Waals surface area (Å²) in [5.41, 5.74) is 1.93. The SMILES string of the molecule is Cc1ccc(C)c(S(=O)(=O)N2CCN(Cc3nnnn3-c3ccc(F)c(F)c3)CC2)c1. The van der Waals surface area contributed by atoms with Crippen molar-refractivity contribution in [2.24, 2.45) is 0 Å². The molecule has 1 aliphatic rings. The molecule has 31 heavy (non-hydrogen) atoms. The maximum Gasteiger partial charge on any atom is 0.243 e. The number of aromatic nitrogens is 4. The standard InChI is InChI=1S/C20H22F2N6O2S/c1-14-3-4-15(2)19(11-14)31(29,30)27-9-7-26(8-10-27)13-20-23-24-25-28(20)16-5-6-17(21)18(22)12-16/h3-6,11-12H,7-10,13H2,1-2H3. The monoisotopic (exact) mass is 448 g/mol. The second kappa shape index (κ2) is 8.40. The van der Waals surface area contributed by atoms with E-state index in [0.717, 1.165) is 23.3 Å². The molecule has 1 aromatic heterocycles. The molecule has 0 bridgehead atoms. The molecular weight excluding hydrogens is 426 g/mol. The van der Waals surface area contributed by atoms with E-state index in [-0.39, 0.29) is 0 Å². The van der Waals surface area contributed by atoms with E-state index < -0.39 is 21.7 Å². The molecular formula is C20H22F2N6O2S. The van der Waals surface area contributed by atoms with Crippen molar-refractivity contribution < 1.29 is 17.2 Å². The van der Waals surface area contributed by atoms with Gasteiger partial charge >= 0.3 is 0 Å². The Morgan fingerprint density at radius 2 is 1.71 bits per heavy atom. The summed E-state index contributed by atoms with van der Waals surface area (Å²) in [6.45, 7) is 5.67. The molecule has 0 atom stereocenters. The summed E-state index contributed by atoms with van der Waals surface area (Å²) < 4.78 is 55.8. The summed E-state index contributed by atoms with van der Waals surface area (Å²) in [6.07, 6.45) is 0. The zero-order valence-electron chi connectivity index (χ0n) is 17.2. The second-order valence-electron chi connectivity index (χ2n) is 7.55. The van der Waals surface area contributed by atoms with Crippen molar-refractivity contribution in [2.75, 3.05) is 26.2 Å². The van der Waals surface area contributed by atoms with Gasteiger partial charge in [0.2, 0.25) is 10.0 Å². The first kappa shape index (κ1) is 21.5. The Hall–Kier alpha value is -2.76. The van der Waals surface area contributed by atoms with Crippen LogP contribution in [0, 0.1) is 25.5 Å². The highest BCUT2D eigenvalue weighted by Gasteiger charge is 2.30. The van der Waals surface area contributed by atoms with Gasteiger partial charge in [0.15, 0.2) is 17.5 Å². The molecule has 8 nitrogen and oxygen atoms in total. The molecule has 0 radical (unpaired) electrons. The van der Waals surface area contributed by atoms with Crippen LogP contribution in [0.3, 0.4) is 0 Å². The van der Waals surface area contributed by atoms with Crippen LogP contribution in [-0.2, 0) is 16.6 Å². The average molecular weight is 448 g/mol. The van der Waals surface area contributed by atoms with Gasteiger partial charge in [-0.2, -0.15) is 8.99 Å². The number of aryl methyl sites for hydroxylation is 2. The molecule has 164 valence electrons. The van der Waals surface area contributed by atoms with Crippen LogP contribution in [0.25, 0.3) is 5.69 Å².